The van der Waals surface area contributed by atoms with E-state index >= 15 is 0 Å². The molecule has 0 aromatic heterocycles. The average molecular weight is 575 g/mol. The molecule has 7 nitrogen and oxygen atoms in total. The number of phenols is 1. The molecule has 3 rings (SSSR count). The summed E-state index contributed by atoms with van der Waals surface area (Å²) in [7, 11) is -1.85. The maximum Gasteiger partial charge on any atom is 0.345 e. The molecule has 0 bridgehead atoms. The molecule has 1 aromatic carbocycles. The van der Waals surface area contributed by atoms with Crippen LogP contribution in [0.5, 0.6) is 11.5 Å². The molecule has 224 valence electrons. The number of hydrogen-bond acceptors (Lipinski definition) is 7. The molecule has 0 unspecified atom stereocenters. The first-order chi connectivity index (χ1) is 18.2. The second-order valence-electron chi connectivity index (χ2n) is 13.8. The van der Waals surface area contributed by atoms with E-state index in [0.717, 1.165) is 0 Å². The van der Waals surface area contributed by atoms with Crippen LogP contribution >= 0.6 is 0 Å². The lowest BCUT2D eigenvalue weighted by Gasteiger charge is -2.39. The van der Waals surface area contributed by atoms with Gasteiger partial charge in [0.25, 0.3) is 0 Å². The van der Waals surface area contributed by atoms with Crippen LogP contribution in [0.25, 0.3) is 6.08 Å². The predicted octanol–water partition coefficient (Wildman–Crippen LogP) is 7.84. The number of esters is 1. The minimum Gasteiger partial charge on any atom is -0.508 e. The third kappa shape index (κ3) is 7.78. The summed E-state index contributed by atoms with van der Waals surface area (Å²) in [5.41, 5.74) is 0.830. The highest BCUT2D eigenvalue weighted by Crippen LogP contribution is 2.40. The third-order valence-electron chi connectivity index (χ3n) is 8.17. The lowest BCUT2D eigenvalue weighted by molar-refractivity contribution is -0.148. The van der Waals surface area contributed by atoms with Gasteiger partial charge < -0.3 is 28.5 Å². The van der Waals surface area contributed by atoms with Crippen LogP contribution in [0.1, 0.15) is 91.6 Å². The third-order valence-corrected chi connectivity index (χ3v) is 12.7. The van der Waals surface area contributed by atoms with Gasteiger partial charge in [-0.3, -0.25) is 0 Å². The van der Waals surface area contributed by atoms with Gasteiger partial charge >= 0.3 is 5.97 Å². The Balaban J connectivity index is 1.71. The van der Waals surface area contributed by atoms with Crippen LogP contribution < -0.4 is 4.74 Å². The number of ether oxygens (including phenoxy) is 4. The molecular formula is C32H50O7Si. The molecule has 1 aromatic rings. The molecular weight excluding hydrogens is 524 g/mol. The number of carbonyl (C=O) groups excluding carboxylic acids is 1. The predicted molar refractivity (Wildman–Crippen MR) is 161 cm³/mol. The van der Waals surface area contributed by atoms with Crippen LogP contribution in [-0.2, 0) is 18.6 Å². The number of benzene rings is 1. The lowest BCUT2D eigenvalue weighted by atomic mass is 9.94. The summed E-state index contributed by atoms with van der Waals surface area (Å²) in [5, 5.41) is 10.4. The molecule has 8 heteroatoms. The van der Waals surface area contributed by atoms with Crippen LogP contribution in [0.15, 0.2) is 30.4 Å². The van der Waals surface area contributed by atoms with Gasteiger partial charge in [-0.1, -0.05) is 58.9 Å². The summed E-state index contributed by atoms with van der Waals surface area (Å²) in [4.78, 5) is 12.7. The Morgan fingerprint density at radius 2 is 1.68 bits per heavy atom. The summed E-state index contributed by atoms with van der Waals surface area (Å²) in [6.45, 7) is 25.0. The van der Waals surface area contributed by atoms with Gasteiger partial charge in [0.2, 0.25) is 5.79 Å². The van der Waals surface area contributed by atoms with E-state index in [2.05, 4.69) is 66.8 Å². The Morgan fingerprint density at radius 1 is 1.02 bits per heavy atom. The van der Waals surface area contributed by atoms with Crippen LogP contribution in [-0.4, -0.2) is 49.3 Å². The van der Waals surface area contributed by atoms with E-state index in [1.165, 1.54) is 12.1 Å². The molecule has 2 heterocycles. The Bertz CT molecular complexity index is 1130. The van der Waals surface area contributed by atoms with Crippen molar-refractivity contribution in [2.75, 3.05) is 0 Å². The Labute approximate surface area is 242 Å². The molecule has 0 aliphatic carbocycles. The summed E-state index contributed by atoms with van der Waals surface area (Å²) in [6, 6.07) is 2.97. The van der Waals surface area contributed by atoms with Crippen molar-refractivity contribution in [3.05, 3.63) is 41.5 Å². The molecule has 2 aliphatic rings. The van der Waals surface area contributed by atoms with Crippen molar-refractivity contribution in [2.24, 2.45) is 11.8 Å². The van der Waals surface area contributed by atoms with Crippen molar-refractivity contribution >= 4 is 20.4 Å². The number of phenolic OH excluding ortho intramolecular Hbond substituents is 1. The van der Waals surface area contributed by atoms with Crippen molar-refractivity contribution in [3.8, 4) is 11.5 Å². The molecule has 1 N–H and O–H groups in total. The van der Waals surface area contributed by atoms with Crippen molar-refractivity contribution in [3.63, 3.8) is 0 Å². The molecule has 1 fully saturated rings. The van der Waals surface area contributed by atoms with Crippen molar-refractivity contribution < 1.29 is 33.3 Å². The van der Waals surface area contributed by atoms with Gasteiger partial charge in [0, 0.05) is 31.9 Å². The van der Waals surface area contributed by atoms with Gasteiger partial charge in [-0.2, -0.15) is 0 Å². The van der Waals surface area contributed by atoms with E-state index in [4.69, 9.17) is 23.4 Å². The summed E-state index contributed by atoms with van der Waals surface area (Å²) in [6.07, 6.45) is 8.55. The first kappa shape index (κ1) is 32.4. The number of fused-ring (bicyclic) bond motifs is 1. The topological polar surface area (TPSA) is 83.5 Å². The summed E-state index contributed by atoms with van der Waals surface area (Å²) in [5.74, 6) is -1.59. The van der Waals surface area contributed by atoms with Crippen LogP contribution in [0, 0.1) is 11.8 Å². The van der Waals surface area contributed by atoms with Crippen molar-refractivity contribution in [1.29, 1.82) is 0 Å². The van der Waals surface area contributed by atoms with Gasteiger partial charge in [0.15, 0.2) is 14.1 Å². The molecule has 0 amide bonds. The molecule has 0 radical (unpaired) electrons. The normalized spacial score (nSPS) is 24.9. The second-order valence-corrected chi connectivity index (χ2v) is 18.5. The van der Waals surface area contributed by atoms with Gasteiger partial charge in [-0.05, 0) is 62.9 Å². The number of cyclic esters (lactones) is 1. The molecule has 1 saturated heterocycles. The summed E-state index contributed by atoms with van der Waals surface area (Å²) >= 11 is 0. The van der Waals surface area contributed by atoms with Crippen LogP contribution in [0.3, 0.4) is 0 Å². The minimum atomic E-state index is -1.85. The number of carbonyl (C=O) groups is 1. The molecule has 40 heavy (non-hydrogen) atoms. The van der Waals surface area contributed by atoms with E-state index < -0.39 is 25.9 Å². The van der Waals surface area contributed by atoms with E-state index in [0.29, 0.717) is 23.3 Å². The maximum absolute atomic E-state index is 12.7. The first-order valence-corrected chi connectivity index (χ1v) is 17.3. The van der Waals surface area contributed by atoms with Crippen molar-refractivity contribution in [2.45, 2.75) is 124 Å². The lowest BCUT2D eigenvalue weighted by Crippen LogP contribution is -2.44. The fraction of sp³-hybridized carbons (Fsp3) is 0.656. The number of hydrogen-bond donors (Lipinski definition) is 1. The standard InChI is InChI=1S/C32H50O7Si/c1-20(22(3)39-40(11,12)30(4,5)6)16-17-21(2)28-25(35-31(7,8)37-28)15-13-14-23-18-24(33)19-26-27(23)29(34)38-32(9,10)36-26/h13-14,16-22,25,28,33H,15H2,1-12H3/b14-13+,17-16-/t20-,21-,22+,25+,28-/m1/s1. The molecule has 0 spiro atoms. The fourth-order valence-corrected chi connectivity index (χ4v) is 6.30. The van der Waals surface area contributed by atoms with Gasteiger partial charge in [-0.25, -0.2) is 4.79 Å². The largest absolute Gasteiger partial charge is 0.508 e. The smallest absolute Gasteiger partial charge is 0.345 e. The molecule has 5 atom stereocenters. The molecule has 2 aliphatic heterocycles. The maximum atomic E-state index is 12.7. The quantitative estimate of drug-likeness (QED) is 0.183. The number of rotatable bonds is 9. The Kier molecular flexibility index (Phi) is 9.41. The molecule has 0 saturated carbocycles. The SMILES string of the molecule is C[C@H](/C=C\[C@@H](C)[C@H](C)O[Si](C)(C)C(C)(C)C)[C@H]1OC(C)(C)O[C@H]1C/C=C/c1cc(O)cc2c1C(=O)OC(C)(C)O2. The fourth-order valence-electron chi connectivity index (χ4n) is 4.80. The Hall–Kier alpha value is -2.13. The van der Waals surface area contributed by atoms with Crippen molar-refractivity contribution in [1.82, 2.24) is 0 Å². The van der Waals surface area contributed by atoms with Crippen LogP contribution in [0.4, 0.5) is 0 Å². The van der Waals surface area contributed by atoms with E-state index in [9.17, 15) is 9.90 Å². The highest BCUT2D eigenvalue weighted by atomic mass is 28.4. The Morgan fingerprint density at radius 3 is 2.30 bits per heavy atom. The minimum absolute atomic E-state index is 0.0167. The number of aromatic hydroxyl groups is 1. The van der Waals surface area contributed by atoms with E-state index in [1.807, 2.05) is 19.9 Å². The van der Waals surface area contributed by atoms with Crippen LogP contribution in [0.2, 0.25) is 18.1 Å². The zero-order valence-corrected chi connectivity index (χ0v) is 27.5. The monoisotopic (exact) mass is 574 g/mol. The van der Waals surface area contributed by atoms with Gasteiger partial charge in [0.1, 0.15) is 17.1 Å². The zero-order chi connectivity index (χ0) is 30.3. The van der Waals surface area contributed by atoms with Gasteiger partial charge in [-0.15, -0.1) is 0 Å². The second kappa shape index (κ2) is 11.6. The summed E-state index contributed by atoms with van der Waals surface area (Å²) < 4.78 is 30.4. The zero-order valence-electron chi connectivity index (χ0n) is 26.5. The highest BCUT2D eigenvalue weighted by Gasteiger charge is 2.43. The van der Waals surface area contributed by atoms with Gasteiger partial charge in [0.05, 0.1) is 12.2 Å². The highest BCUT2D eigenvalue weighted by molar-refractivity contribution is 6.74. The average Bonchev–Trinajstić information content (AvgIpc) is 3.08. The first-order valence-electron chi connectivity index (χ1n) is 14.4. The van der Waals surface area contributed by atoms with E-state index in [1.54, 1.807) is 19.9 Å². The van der Waals surface area contributed by atoms with E-state index in [-0.39, 0.29) is 40.9 Å².